The quantitative estimate of drug-likeness (QED) is 0.0266. The molecular weight excluding hydrogens is 685 g/mol. The van der Waals surface area contributed by atoms with E-state index in [0.717, 1.165) is 83.5 Å². The van der Waals surface area contributed by atoms with E-state index in [9.17, 15) is 14.4 Å². The molecule has 0 aliphatic carbocycles. The van der Waals surface area contributed by atoms with Gasteiger partial charge in [0.25, 0.3) is 0 Å². The van der Waals surface area contributed by atoms with E-state index >= 15 is 0 Å². The molecule has 0 rings (SSSR count). The normalized spacial score (nSPS) is 12.1. The molecule has 0 aromatic heterocycles. The van der Waals surface area contributed by atoms with Gasteiger partial charge in [0.15, 0.2) is 6.10 Å². The maximum Gasteiger partial charge on any atom is 0.306 e. The molecule has 0 heterocycles. The van der Waals surface area contributed by atoms with E-state index in [2.05, 4.69) is 45.1 Å². The summed E-state index contributed by atoms with van der Waals surface area (Å²) in [6.07, 6.45) is 48.8. The Morgan fingerprint density at radius 1 is 0.364 bits per heavy atom. The van der Waals surface area contributed by atoms with Crippen molar-refractivity contribution >= 4 is 17.9 Å². The zero-order valence-corrected chi connectivity index (χ0v) is 36.7. The van der Waals surface area contributed by atoms with Crippen molar-refractivity contribution in [3.05, 3.63) is 24.3 Å². The number of carbonyl (C=O) groups excluding carboxylic acids is 3. The molecule has 0 fully saturated rings. The Hall–Kier alpha value is -2.11. The summed E-state index contributed by atoms with van der Waals surface area (Å²) in [5.41, 5.74) is 0. The van der Waals surface area contributed by atoms with Crippen molar-refractivity contribution in [2.24, 2.45) is 0 Å². The molecule has 322 valence electrons. The van der Waals surface area contributed by atoms with Gasteiger partial charge < -0.3 is 14.2 Å². The summed E-state index contributed by atoms with van der Waals surface area (Å²) in [4.78, 5) is 37.7. The molecule has 0 aromatic carbocycles. The molecule has 6 nitrogen and oxygen atoms in total. The van der Waals surface area contributed by atoms with Crippen molar-refractivity contribution in [1.82, 2.24) is 0 Å². The van der Waals surface area contributed by atoms with Crippen LogP contribution in [0.2, 0.25) is 0 Å². The van der Waals surface area contributed by atoms with Crippen LogP contribution in [0.1, 0.15) is 252 Å². The third kappa shape index (κ3) is 42.9. The van der Waals surface area contributed by atoms with Gasteiger partial charge in [0.2, 0.25) is 0 Å². The van der Waals surface area contributed by atoms with Crippen molar-refractivity contribution in [1.29, 1.82) is 0 Å². The van der Waals surface area contributed by atoms with Crippen LogP contribution in [-0.4, -0.2) is 37.2 Å². The lowest BCUT2D eigenvalue weighted by Crippen LogP contribution is -2.30. The van der Waals surface area contributed by atoms with E-state index in [1.54, 1.807) is 0 Å². The smallest absolute Gasteiger partial charge is 0.306 e. The second kappa shape index (κ2) is 44.6. The Balaban J connectivity index is 4.27. The number of allylic oxidation sites excluding steroid dienone is 4. The van der Waals surface area contributed by atoms with Crippen LogP contribution in [0.15, 0.2) is 24.3 Å². The van der Waals surface area contributed by atoms with Gasteiger partial charge in [-0.1, -0.05) is 212 Å². The molecule has 0 radical (unpaired) electrons. The van der Waals surface area contributed by atoms with Gasteiger partial charge in [-0.25, -0.2) is 0 Å². The van der Waals surface area contributed by atoms with Crippen LogP contribution in [0.5, 0.6) is 0 Å². The first kappa shape index (κ1) is 52.9. The molecule has 0 saturated heterocycles. The molecule has 0 bridgehead atoms. The van der Waals surface area contributed by atoms with E-state index in [-0.39, 0.29) is 31.1 Å². The highest BCUT2D eigenvalue weighted by Crippen LogP contribution is 2.15. The fraction of sp³-hybridized carbons (Fsp3) is 0.857. The van der Waals surface area contributed by atoms with Crippen molar-refractivity contribution in [2.75, 3.05) is 13.2 Å². The lowest BCUT2D eigenvalue weighted by Gasteiger charge is -2.18. The van der Waals surface area contributed by atoms with E-state index in [1.165, 1.54) is 128 Å². The molecule has 0 saturated carbocycles. The Bertz CT molecular complexity index is 896. The summed E-state index contributed by atoms with van der Waals surface area (Å²) in [5.74, 6) is -0.886. The van der Waals surface area contributed by atoms with E-state index in [4.69, 9.17) is 14.2 Å². The first-order valence-corrected chi connectivity index (χ1v) is 23.8. The molecule has 1 unspecified atom stereocenters. The Labute approximate surface area is 341 Å². The standard InChI is InChI=1S/C49H90O6/c1-4-7-10-13-16-18-20-22-24-25-27-28-30-33-36-39-42-48(51)54-45-46(44-53-47(50)41-38-35-32-15-12-9-6-3)55-49(52)43-40-37-34-31-29-26-23-21-19-17-14-11-8-5-2/h14,17,21,23,46H,4-13,15-16,18-20,22,24-45H2,1-3H3/b17-14-,23-21-. The molecule has 0 aliphatic heterocycles. The first-order valence-electron chi connectivity index (χ1n) is 23.8. The van der Waals surface area contributed by atoms with Crippen molar-refractivity contribution < 1.29 is 28.6 Å². The lowest BCUT2D eigenvalue weighted by molar-refractivity contribution is -0.167. The highest BCUT2D eigenvalue weighted by Gasteiger charge is 2.19. The SMILES string of the molecule is CCCC/C=C\C/C=C\CCCCCCCC(=O)OC(COC(=O)CCCCCCCCC)COC(=O)CCCCCCCCCCCCCCCCCC. The Kier molecular flexibility index (Phi) is 42.9. The molecule has 6 heteroatoms. The first-order chi connectivity index (χ1) is 27.0. The largest absolute Gasteiger partial charge is 0.462 e. The highest BCUT2D eigenvalue weighted by molar-refractivity contribution is 5.71. The highest BCUT2D eigenvalue weighted by atomic mass is 16.6. The van der Waals surface area contributed by atoms with Gasteiger partial charge in [-0.2, -0.15) is 0 Å². The summed E-state index contributed by atoms with van der Waals surface area (Å²) in [5, 5.41) is 0. The van der Waals surface area contributed by atoms with E-state index < -0.39 is 6.10 Å². The fourth-order valence-corrected chi connectivity index (χ4v) is 6.81. The maximum atomic E-state index is 12.7. The molecular formula is C49H90O6. The van der Waals surface area contributed by atoms with Crippen LogP contribution < -0.4 is 0 Å². The summed E-state index contributed by atoms with van der Waals surface area (Å²) in [6, 6.07) is 0. The minimum absolute atomic E-state index is 0.0732. The number of unbranched alkanes of at least 4 members (excludes halogenated alkanes) is 28. The molecule has 0 amide bonds. The number of ether oxygens (including phenoxy) is 3. The van der Waals surface area contributed by atoms with Crippen LogP contribution in [0.4, 0.5) is 0 Å². The second-order valence-corrected chi connectivity index (χ2v) is 16.0. The van der Waals surface area contributed by atoms with Gasteiger partial charge in [0.05, 0.1) is 0 Å². The molecule has 55 heavy (non-hydrogen) atoms. The van der Waals surface area contributed by atoms with Crippen LogP contribution in [0.25, 0.3) is 0 Å². The molecule has 0 N–H and O–H groups in total. The summed E-state index contributed by atoms with van der Waals surface area (Å²) < 4.78 is 16.7. The summed E-state index contributed by atoms with van der Waals surface area (Å²) in [6.45, 7) is 6.56. The average Bonchev–Trinajstić information content (AvgIpc) is 3.18. The van der Waals surface area contributed by atoms with Gasteiger partial charge in [-0.15, -0.1) is 0 Å². The Morgan fingerprint density at radius 2 is 0.673 bits per heavy atom. The van der Waals surface area contributed by atoms with E-state index in [0.29, 0.717) is 19.3 Å². The molecule has 1 atom stereocenters. The van der Waals surface area contributed by atoms with Crippen molar-refractivity contribution in [2.45, 2.75) is 258 Å². The zero-order valence-electron chi connectivity index (χ0n) is 36.7. The van der Waals surface area contributed by atoms with Crippen LogP contribution in [0, 0.1) is 0 Å². The maximum absolute atomic E-state index is 12.7. The third-order valence-corrected chi connectivity index (χ3v) is 10.5. The van der Waals surface area contributed by atoms with Gasteiger partial charge >= 0.3 is 17.9 Å². The fourth-order valence-electron chi connectivity index (χ4n) is 6.81. The summed E-state index contributed by atoms with van der Waals surface area (Å²) in [7, 11) is 0. The number of carbonyl (C=O) groups is 3. The number of hydrogen-bond acceptors (Lipinski definition) is 6. The van der Waals surface area contributed by atoms with Crippen LogP contribution in [-0.2, 0) is 28.6 Å². The number of esters is 3. The van der Waals surface area contributed by atoms with Crippen LogP contribution in [0.3, 0.4) is 0 Å². The second-order valence-electron chi connectivity index (χ2n) is 16.0. The number of hydrogen-bond donors (Lipinski definition) is 0. The van der Waals surface area contributed by atoms with Crippen molar-refractivity contribution in [3.63, 3.8) is 0 Å². The molecule has 0 aliphatic rings. The zero-order chi connectivity index (χ0) is 40.1. The van der Waals surface area contributed by atoms with Gasteiger partial charge in [-0.3, -0.25) is 14.4 Å². The topological polar surface area (TPSA) is 78.9 Å². The predicted molar refractivity (Wildman–Crippen MR) is 233 cm³/mol. The van der Waals surface area contributed by atoms with Crippen LogP contribution >= 0.6 is 0 Å². The van der Waals surface area contributed by atoms with Crippen molar-refractivity contribution in [3.8, 4) is 0 Å². The number of rotatable bonds is 43. The minimum Gasteiger partial charge on any atom is -0.462 e. The predicted octanol–water partition coefficient (Wildman–Crippen LogP) is 15.2. The van der Waals surface area contributed by atoms with E-state index in [1.807, 2.05) is 0 Å². The molecule has 0 spiro atoms. The molecule has 0 aromatic rings. The third-order valence-electron chi connectivity index (χ3n) is 10.5. The average molecular weight is 775 g/mol. The van der Waals surface area contributed by atoms with Gasteiger partial charge in [0, 0.05) is 19.3 Å². The van der Waals surface area contributed by atoms with Gasteiger partial charge in [-0.05, 0) is 44.9 Å². The Morgan fingerprint density at radius 3 is 1.05 bits per heavy atom. The minimum atomic E-state index is -0.770. The summed E-state index contributed by atoms with van der Waals surface area (Å²) >= 11 is 0. The lowest BCUT2D eigenvalue weighted by atomic mass is 10.0. The monoisotopic (exact) mass is 775 g/mol. The van der Waals surface area contributed by atoms with Gasteiger partial charge in [0.1, 0.15) is 13.2 Å².